The summed E-state index contributed by atoms with van der Waals surface area (Å²) in [5.74, 6) is 0.899. The maximum Gasteiger partial charge on any atom is 0.310 e. The van der Waals surface area contributed by atoms with Crippen LogP contribution in [0.5, 0.6) is 0 Å². The largest absolute Gasteiger partial charge is 0.481 e. The Morgan fingerprint density at radius 3 is 2.31 bits per heavy atom. The van der Waals surface area contributed by atoms with Crippen molar-refractivity contribution >= 4 is 11.8 Å². The van der Waals surface area contributed by atoms with Crippen molar-refractivity contribution < 1.29 is 14.7 Å². The van der Waals surface area contributed by atoms with Gasteiger partial charge in [-0.1, -0.05) is 60.1 Å². The van der Waals surface area contributed by atoms with Crippen molar-refractivity contribution in [3.63, 3.8) is 0 Å². The second-order valence-corrected chi connectivity index (χ2v) is 14.9. The second kappa shape index (κ2) is 7.45. The van der Waals surface area contributed by atoms with E-state index in [1.807, 2.05) is 0 Å². The molecule has 5 rings (SSSR count). The monoisotopic (exact) mass is 479 g/mol. The van der Waals surface area contributed by atoms with Gasteiger partial charge in [0, 0.05) is 11.3 Å². The number of carbonyl (C=O) groups is 2. The summed E-state index contributed by atoms with van der Waals surface area (Å²) in [6.07, 6.45) is 10.0. The molecule has 0 heterocycles. The van der Waals surface area contributed by atoms with E-state index in [9.17, 15) is 14.7 Å². The number of hydrogen-bond acceptors (Lipinski definition) is 2. The van der Waals surface area contributed by atoms with Gasteiger partial charge >= 0.3 is 5.97 Å². The third-order valence-electron chi connectivity index (χ3n) is 12.8. The van der Waals surface area contributed by atoms with Crippen molar-refractivity contribution in [2.75, 3.05) is 0 Å². The van der Waals surface area contributed by atoms with E-state index in [0.29, 0.717) is 17.8 Å². The third kappa shape index (κ3) is 3.02. The van der Waals surface area contributed by atoms with E-state index in [4.69, 9.17) is 6.57 Å². The highest BCUT2D eigenvalue weighted by molar-refractivity contribution is 5.92. The molecule has 192 valence electrons. The van der Waals surface area contributed by atoms with Crippen molar-refractivity contribution in [1.29, 1.82) is 0 Å². The van der Waals surface area contributed by atoms with Crippen molar-refractivity contribution in [3.05, 3.63) is 23.1 Å². The molecular formula is C31H45NO3. The lowest BCUT2D eigenvalue weighted by atomic mass is 9.35. The molecule has 0 aromatic rings. The Labute approximate surface area is 212 Å². The summed E-state index contributed by atoms with van der Waals surface area (Å²) in [7, 11) is 0. The average Bonchev–Trinajstić information content (AvgIpc) is 2.77. The minimum atomic E-state index is -0.608. The molecule has 1 N–H and O–H groups in total. The zero-order valence-electron chi connectivity index (χ0n) is 22.9. The maximum absolute atomic E-state index is 13.3. The molecule has 0 aromatic heterocycles. The molecule has 4 nitrogen and oxygen atoms in total. The van der Waals surface area contributed by atoms with Crippen LogP contribution < -0.4 is 0 Å². The van der Waals surface area contributed by atoms with Gasteiger partial charge in [-0.3, -0.25) is 9.59 Å². The van der Waals surface area contributed by atoms with E-state index < -0.39 is 22.8 Å². The third-order valence-corrected chi connectivity index (χ3v) is 12.8. The Balaban J connectivity index is 1.61. The van der Waals surface area contributed by atoms with E-state index in [-0.39, 0.29) is 33.9 Å². The number of nitrogens with zero attached hydrogens (tertiary/aromatic N) is 1. The minimum absolute atomic E-state index is 0.0170. The van der Waals surface area contributed by atoms with Crippen molar-refractivity contribution in [2.24, 2.45) is 56.7 Å². The molecule has 0 radical (unpaired) electrons. The van der Waals surface area contributed by atoms with Gasteiger partial charge in [0.05, 0.1) is 5.41 Å². The van der Waals surface area contributed by atoms with Gasteiger partial charge in [-0.2, -0.15) is 0 Å². The Bertz CT molecular complexity index is 1030. The van der Waals surface area contributed by atoms with Gasteiger partial charge in [0.1, 0.15) is 0 Å². The van der Waals surface area contributed by atoms with Crippen molar-refractivity contribution in [3.8, 4) is 0 Å². The van der Waals surface area contributed by atoms with Crippen LogP contribution in [0.3, 0.4) is 0 Å². The minimum Gasteiger partial charge on any atom is -0.481 e. The first-order valence-electron chi connectivity index (χ1n) is 14.0. The summed E-state index contributed by atoms with van der Waals surface area (Å²) in [5.41, 5.74) is 0.610. The number of ketones is 1. The number of Topliss-reactive ketones (excluding diaryl/α,β-unsaturated/α-hetero) is 1. The number of aliphatic carboxylic acids is 1. The quantitative estimate of drug-likeness (QED) is 0.320. The van der Waals surface area contributed by atoms with Gasteiger partial charge in [0.25, 0.3) is 6.04 Å². The summed E-state index contributed by atoms with van der Waals surface area (Å²) >= 11 is 0. The first-order valence-corrected chi connectivity index (χ1v) is 14.0. The Morgan fingerprint density at radius 1 is 1.03 bits per heavy atom. The molecule has 4 saturated carbocycles. The zero-order chi connectivity index (χ0) is 25.8. The number of fused-ring (bicyclic) bond motifs is 7. The SMILES string of the molecule is [C-]#[N+]C1C(=O)C(C)(C)[C@@H]2CC[C@]3(C)[C@H](CC=C4C5CC(C)(C)CC[C@]5(C(=O)O)CC[C@]43C)C2[C@@H]1C. The molecule has 4 heteroatoms. The van der Waals surface area contributed by atoms with Gasteiger partial charge in [-0.05, 0) is 91.3 Å². The van der Waals surface area contributed by atoms with Gasteiger partial charge in [0.15, 0.2) is 0 Å². The summed E-state index contributed by atoms with van der Waals surface area (Å²) in [5, 5.41) is 10.5. The van der Waals surface area contributed by atoms with Gasteiger partial charge in [-0.15, -0.1) is 0 Å². The van der Waals surface area contributed by atoms with Gasteiger partial charge in [0.2, 0.25) is 5.78 Å². The molecule has 4 fully saturated rings. The molecule has 5 aliphatic rings. The average molecular weight is 480 g/mol. The van der Waals surface area contributed by atoms with Gasteiger partial charge in [-0.25, -0.2) is 6.57 Å². The first kappa shape index (κ1) is 25.0. The molecule has 0 spiro atoms. The highest BCUT2D eigenvalue weighted by Gasteiger charge is 2.69. The molecule has 9 atom stereocenters. The highest BCUT2D eigenvalue weighted by atomic mass is 16.4. The second-order valence-electron chi connectivity index (χ2n) is 14.9. The number of allylic oxidation sites excluding steroid dienone is 2. The molecule has 35 heavy (non-hydrogen) atoms. The van der Waals surface area contributed by atoms with Gasteiger partial charge < -0.3 is 9.95 Å². The number of carboxylic acids is 1. The maximum atomic E-state index is 13.3. The summed E-state index contributed by atoms with van der Waals surface area (Å²) < 4.78 is 0. The van der Waals surface area contributed by atoms with Crippen molar-refractivity contribution in [2.45, 2.75) is 106 Å². The first-order chi connectivity index (χ1) is 16.2. The van der Waals surface area contributed by atoms with Crippen LogP contribution in [-0.2, 0) is 9.59 Å². The number of carboxylic acid groups (broad SMARTS) is 1. The van der Waals surface area contributed by atoms with E-state index in [0.717, 1.165) is 51.4 Å². The summed E-state index contributed by atoms with van der Waals surface area (Å²) in [6, 6.07) is -0.531. The van der Waals surface area contributed by atoms with Crippen LogP contribution in [0.1, 0.15) is 99.8 Å². The van der Waals surface area contributed by atoms with Crippen LogP contribution in [0, 0.1) is 63.2 Å². The van der Waals surface area contributed by atoms with Crippen LogP contribution in [-0.4, -0.2) is 22.9 Å². The Morgan fingerprint density at radius 2 is 1.69 bits per heavy atom. The fourth-order valence-corrected chi connectivity index (χ4v) is 10.3. The summed E-state index contributed by atoms with van der Waals surface area (Å²) in [6.45, 7) is 23.8. The van der Waals surface area contributed by atoms with Crippen molar-refractivity contribution in [1.82, 2.24) is 0 Å². The fourth-order valence-electron chi connectivity index (χ4n) is 10.3. The fraction of sp³-hybridized carbons (Fsp3) is 0.839. The normalized spacial score (nSPS) is 49.9. The topological polar surface area (TPSA) is 58.7 Å². The Hall–Kier alpha value is -1.63. The highest BCUT2D eigenvalue weighted by Crippen LogP contribution is 2.73. The van der Waals surface area contributed by atoms with Crippen LogP contribution in [0.2, 0.25) is 0 Å². The molecule has 0 amide bonds. The molecule has 0 aliphatic heterocycles. The molecule has 0 saturated heterocycles. The molecule has 0 aromatic carbocycles. The molecular weight excluding hydrogens is 434 g/mol. The summed E-state index contributed by atoms with van der Waals surface area (Å²) in [4.78, 5) is 30.0. The number of carbonyl (C=O) groups excluding carboxylic acids is 1. The van der Waals surface area contributed by atoms with Crippen LogP contribution >= 0.6 is 0 Å². The number of rotatable bonds is 1. The number of hydrogen-bond donors (Lipinski definition) is 1. The Kier molecular flexibility index (Phi) is 5.33. The predicted molar refractivity (Wildman–Crippen MR) is 137 cm³/mol. The predicted octanol–water partition coefficient (Wildman–Crippen LogP) is 7.20. The van der Waals surface area contributed by atoms with E-state index in [1.54, 1.807) is 0 Å². The van der Waals surface area contributed by atoms with E-state index in [2.05, 4.69) is 59.4 Å². The van der Waals surface area contributed by atoms with E-state index in [1.165, 1.54) is 5.57 Å². The molecule has 5 aliphatic carbocycles. The standard InChI is InChI=1S/C31H45NO3/c1-18-23-20(28(4,5)25(33)24(18)32-8)11-12-29(6)21(23)10-9-19-22-17-27(2,3)13-15-31(22,26(34)35)16-14-30(19,29)7/h9,18,20-24H,10-17H2,1-7H3,(H,34,35)/t18-,20+,21+,22?,23?,24?,29+,30+,31-/m0/s1. The smallest absolute Gasteiger partial charge is 0.310 e. The molecule has 0 bridgehead atoms. The lowest BCUT2D eigenvalue weighted by Crippen LogP contribution is -2.64. The van der Waals surface area contributed by atoms with Crippen LogP contribution in [0.25, 0.3) is 4.85 Å². The zero-order valence-corrected chi connectivity index (χ0v) is 22.9. The van der Waals surface area contributed by atoms with Crippen LogP contribution in [0.4, 0.5) is 0 Å². The molecule has 3 unspecified atom stereocenters. The van der Waals surface area contributed by atoms with Crippen LogP contribution in [0.15, 0.2) is 11.6 Å². The lowest BCUT2D eigenvalue weighted by Gasteiger charge is -2.68. The van der Waals surface area contributed by atoms with E-state index >= 15 is 0 Å². The lowest BCUT2D eigenvalue weighted by molar-refractivity contribution is -0.176.